The van der Waals surface area contributed by atoms with E-state index in [0.29, 0.717) is 16.6 Å². The molecule has 0 aliphatic carbocycles. The number of nitrogens with zero attached hydrogens (tertiary/aromatic N) is 2. The van der Waals surface area contributed by atoms with E-state index in [-0.39, 0.29) is 29.6 Å². The van der Waals surface area contributed by atoms with Gasteiger partial charge in [0.2, 0.25) is 5.91 Å². The lowest BCUT2D eigenvalue weighted by atomic mass is 10.2. The number of amides is 1. The molecule has 5 nitrogen and oxygen atoms in total. The second-order valence-electron chi connectivity index (χ2n) is 5.09. The molecule has 2 heterocycles. The fraction of sp³-hybridized carbons (Fsp3) is 0.267. The number of para-hydroxylation sites is 1. The predicted octanol–water partition coefficient (Wildman–Crippen LogP) is 2.37. The molecule has 0 fully saturated rings. The van der Waals surface area contributed by atoms with E-state index in [2.05, 4.69) is 10.3 Å². The molecule has 0 bridgehead atoms. The van der Waals surface area contributed by atoms with Gasteiger partial charge in [-0.05, 0) is 19.1 Å². The Morgan fingerprint density at radius 1 is 1.50 bits per heavy atom. The highest BCUT2D eigenvalue weighted by Gasteiger charge is 2.27. The summed E-state index contributed by atoms with van der Waals surface area (Å²) in [7, 11) is 0. The molecule has 1 aliphatic rings. The number of fused-ring (bicyclic) bond motifs is 1. The zero-order chi connectivity index (χ0) is 15.7. The first-order chi connectivity index (χ1) is 10.5. The summed E-state index contributed by atoms with van der Waals surface area (Å²) in [5.41, 5.74) is 0.657. The Morgan fingerprint density at radius 3 is 3.05 bits per heavy atom. The third-order valence-electron chi connectivity index (χ3n) is 3.39. The molecule has 1 unspecified atom stereocenters. The van der Waals surface area contributed by atoms with Crippen molar-refractivity contribution in [2.24, 2.45) is 0 Å². The van der Waals surface area contributed by atoms with Gasteiger partial charge in [0.15, 0.2) is 5.16 Å². The van der Waals surface area contributed by atoms with Crippen molar-refractivity contribution in [3.05, 3.63) is 52.2 Å². The van der Waals surface area contributed by atoms with Crippen LogP contribution in [0.25, 0.3) is 0 Å². The van der Waals surface area contributed by atoms with Gasteiger partial charge >= 0.3 is 0 Å². The minimum Gasteiger partial charge on any atom is -0.324 e. The Balaban J connectivity index is 1.75. The molecule has 0 spiro atoms. The van der Waals surface area contributed by atoms with Gasteiger partial charge in [0.05, 0.1) is 11.7 Å². The van der Waals surface area contributed by atoms with Crippen molar-refractivity contribution < 1.29 is 9.18 Å². The summed E-state index contributed by atoms with van der Waals surface area (Å²) < 4.78 is 15.1. The summed E-state index contributed by atoms with van der Waals surface area (Å²) in [6.07, 6.45) is 0.110. The topological polar surface area (TPSA) is 64.0 Å². The van der Waals surface area contributed by atoms with Crippen LogP contribution in [0.1, 0.15) is 18.2 Å². The lowest BCUT2D eigenvalue weighted by Crippen LogP contribution is -2.27. The number of halogens is 1. The summed E-state index contributed by atoms with van der Waals surface area (Å²) in [5.74, 6) is -0.196. The molecule has 1 amide bonds. The molecule has 1 N–H and O–H groups in total. The van der Waals surface area contributed by atoms with Crippen LogP contribution in [0.5, 0.6) is 0 Å². The SMILES string of the molecule is Cc1cc(=O)n2c(n1)SCC2CC(=O)Nc1ccccc1F. The fourth-order valence-electron chi connectivity index (χ4n) is 2.39. The number of rotatable bonds is 3. The van der Waals surface area contributed by atoms with Gasteiger partial charge in [-0.1, -0.05) is 23.9 Å². The van der Waals surface area contributed by atoms with Gasteiger partial charge in [0.25, 0.3) is 5.56 Å². The molecular formula is C15H14FN3O2S. The molecule has 0 saturated carbocycles. The normalized spacial score (nSPS) is 16.4. The van der Waals surface area contributed by atoms with Crippen LogP contribution in [0.15, 0.2) is 40.3 Å². The molecule has 3 rings (SSSR count). The smallest absolute Gasteiger partial charge is 0.254 e. The van der Waals surface area contributed by atoms with E-state index >= 15 is 0 Å². The van der Waals surface area contributed by atoms with E-state index in [1.807, 2.05) is 0 Å². The standard InChI is InChI=1S/C15H14FN3O2S/c1-9-6-14(21)19-10(8-22-15(19)17-9)7-13(20)18-12-5-3-2-4-11(12)16/h2-6,10H,7-8H2,1H3,(H,18,20). The number of benzene rings is 1. The maximum absolute atomic E-state index is 13.5. The highest BCUT2D eigenvalue weighted by atomic mass is 32.2. The van der Waals surface area contributed by atoms with E-state index in [1.54, 1.807) is 23.6 Å². The number of hydrogen-bond donors (Lipinski definition) is 1. The van der Waals surface area contributed by atoms with E-state index in [9.17, 15) is 14.0 Å². The number of hydrogen-bond acceptors (Lipinski definition) is 4. The molecular weight excluding hydrogens is 305 g/mol. The molecule has 0 radical (unpaired) electrons. The van der Waals surface area contributed by atoms with Gasteiger partial charge < -0.3 is 5.32 Å². The van der Waals surface area contributed by atoms with Crippen LogP contribution in [0.2, 0.25) is 0 Å². The van der Waals surface area contributed by atoms with Crippen molar-refractivity contribution in [3.63, 3.8) is 0 Å². The Kier molecular flexibility index (Phi) is 3.98. The molecule has 1 aliphatic heterocycles. The zero-order valence-corrected chi connectivity index (χ0v) is 12.7. The highest BCUT2D eigenvalue weighted by Crippen LogP contribution is 2.32. The minimum atomic E-state index is -0.480. The van der Waals surface area contributed by atoms with Crippen LogP contribution < -0.4 is 10.9 Å². The zero-order valence-electron chi connectivity index (χ0n) is 11.9. The van der Waals surface area contributed by atoms with E-state index in [1.165, 1.54) is 30.0 Å². The largest absolute Gasteiger partial charge is 0.324 e. The maximum atomic E-state index is 13.5. The van der Waals surface area contributed by atoms with Crippen molar-refractivity contribution in [3.8, 4) is 0 Å². The maximum Gasteiger partial charge on any atom is 0.254 e. The molecule has 2 aromatic rings. The number of nitrogens with one attached hydrogen (secondary N) is 1. The van der Waals surface area contributed by atoms with Crippen LogP contribution in [0.4, 0.5) is 10.1 Å². The van der Waals surface area contributed by atoms with Crippen LogP contribution in [-0.2, 0) is 4.79 Å². The molecule has 1 atom stereocenters. The van der Waals surface area contributed by atoms with Gasteiger partial charge in [0, 0.05) is 23.9 Å². The monoisotopic (exact) mass is 319 g/mol. The van der Waals surface area contributed by atoms with Crippen LogP contribution >= 0.6 is 11.8 Å². The highest BCUT2D eigenvalue weighted by molar-refractivity contribution is 7.99. The summed E-state index contributed by atoms with van der Waals surface area (Å²) in [5, 5.41) is 3.17. The number of thioether (sulfide) groups is 1. The predicted molar refractivity (Wildman–Crippen MR) is 82.6 cm³/mol. The van der Waals surface area contributed by atoms with Gasteiger partial charge in [-0.15, -0.1) is 0 Å². The molecule has 7 heteroatoms. The molecule has 1 aromatic carbocycles. The van der Waals surface area contributed by atoms with Gasteiger partial charge in [-0.3, -0.25) is 14.2 Å². The summed E-state index contributed by atoms with van der Waals surface area (Å²) in [6.45, 7) is 1.76. The van der Waals surface area contributed by atoms with Gasteiger partial charge in [-0.2, -0.15) is 0 Å². The quantitative estimate of drug-likeness (QED) is 0.882. The summed E-state index contributed by atoms with van der Waals surface area (Å²) >= 11 is 1.45. The third-order valence-corrected chi connectivity index (χ3v) is 4.48. The molecule has 114 valence electrons. The number of carbonyl (C=O) groups is 1. The Labute approximate surface area is 130 Å². The van der Waals surface area contributed by atoms with Gasteiger partial charge in [-0.25, -0.2) is 9.37 Å². The fourth-order valence-corrected chi connectivity index (χ4v) is 3.59. The summed E-state index contributed by atoms with van der Waals surface area (Å²) in [6, 6.07) is 7.19. The van der Waals surface area contributed by atoms with Crippen molar-refractivity contribution in [2.45, 2.75) is 24.5 Å². The molecule has 1 aromatic heterocycles. The number of anilines is 1. The second kappa shape index (κ2) is 5.92. The minimum absolute atomic E-state index is 0.110. The average Bonchev–Trinajstić information content (AvgIpc) is 2.84. The lowest BCUT2D eigenvalue weighted by molar-refractivity contribution is -0.116. The van der Waals surface area contributed by atoms with Crippen LogP contribution in [-0.4, -0.2) is 21.2 Å². The van der Waals surface area contributed by atoms with Crippen molar-refractivity contribution in [1.29, 1.82) is 0 Å². The Morgan fingerprint density at radius 2 is 2.27 bits per heavy atom. The van der Waals surface area contributed by atoms with E-state index < -0.39 is 5.82 Å². The van der Waals surface area contributed by atoms with Crippen LogP contribution in [0.3, 0.4) is 0 Å². The average molecular weight is 319 g/mol. The lowest BCUT2D eigenvalue weighted by Gasteiger charge is -2.13. The number of aryl methyl sites for hydroxylation is 1. The first-order valence-electron chi connectivity index (χ1n) is 6.82. The molecule has 0 saturated heterocycles. The van der Waals surface area contributed by atoms with Crippen molar-refractivity contribution >= 4 is 23.4 Å². The second-order valence-corrected chi connectivity index (χ2v) is 6.07. The van der Waals surface area contributed by atoms with Crippen LogP contribution in [0, 0.1) is 12.7 Å². The van der Waals surface area contributed by atoms with E-state index in [0.717, 1.165) is 0 Å². The number of carbonyl (C=O) groups excluding carboxylic acids is 1. The molecule has 22 heavy (non-hydrogen) atoms. The third kappa shape index (κ3) is 2.89. The first kappa shape index (κ1) is 14.8. The Hall–Kier alpha value is -2.15. The van der Waals surface area contributed by atoms with Crippen molar-refractivity contribution in [1.82, 2.24) is 9.55 Å². The van der Waals surface area contributed by atoms with E-state index in [4.69, 9.17) is 0 Å². The number of aromatic nitrogens is 2. The summed E-state index contributed by atoms with van der Waals surface area (Å²) in [4.78, 5) is 28.4. The Bertz CT molecular complexity index is 791. The first-order valence-corrected chi connectivity index (χ1v) is 7.80. The van der Waals surface area contributed by atoms with Crippen molar-refractivity contribution in [2.75, 3.05) is 11.1 Å². The van der Waals surface area contributed by atoms with Gasteiger partial charge in [0.1, 0.15) is 5.82 Å².